The lowest BCUT2D eigenvalue weighted by Gasteiger charge is -2.04. The molecule has 0 aliphatic rings. The third-order valence-corrected chi connectivity index (χ3v) is 2.32. The van der Waals surface area contributed by atoms with Gasteiger partial charge in [-0.2, -0.15) is 0 Å². The molecule has 0 aromatic carbocycles. The molecule has 5 nitrogen and oxygen atoms in total. The van der Waals surface area contributed by atoms with Gasteiger partial charge >= 0.3 is 0 Å². The van der Waals surface area contributed by atoms with Gasteiger partial charge in [0.2, 0.25) is 0 Å². The molecule has 0 saturated carbocycles. The van der Waals surface area contributed by atoms with Crippen molar-refractivity contribution in [2.24, 2.45) is 0 Å². The van der Waals surface area contributed by atoms with Crippen molar-refractivity contribution in [3.8, 4) is 0 Å². The zero-order chi connectivity index (χ0) is 11.5. The molecule has 16 heavy (non-hydrogen) atoms. The smallest absolute Gasteiger partial charge is 0.174 e. The van der Waals surface area contributed by atoms with Crippen molar-refractivity contribution in [1.29, 1.82) is 0 Å². The topological polar surface area (TPSA) is 63.8 Å². The van der Waals surface area contributed by atoms with Crippen molar-refractivity contribution in [3.63, 3.8) is 0 Å². The van der Waals surface area contributed by atoms with Crippen molar-refractivity contribution in [3.05, 3.63) is 33.9 Å². The van der Waals surface area contributed by atoms with Crippen LogP contribution in [0.2, 0.25) is 10.3 Å². The molecule has 0 unspecified atom stereocenters. The minimum absolute atomic E-state index is 0.268. The number of nitrogens with one attached hydrogen (secondary N) is 1. The minimum atomic E-state index is 0.268. The molecule has 0 aliphatic carbocycles. The summed E-state index contributed by atoms with van der Waals surface area (Å²) in [5, 5.41) is 14.7. The van der Waals surface area contributed by atoms with E-state index in [0.717, 1.165) is 11.5 Å². The van der Waals surface area contributed by atoms with Gasteiger partial charge < -0.3 is 9.84 Å². The van der Waals surface area contributed by atoms with Gasteiger partial charge in [-0.15, -0.1) is 10.2 Å². The summed E-state index contributed by atoms with van der Waals surface area (Å²) in [4.78, 5) is 0. The summed E-state index contributed by atoms with van der Waals surface area (Å²) in [6.07, 6.45) is 0. The van der Waals surface area contributed by atoms with E-state index in [2.05, 4.69) is 20.7 Å². The van der Waals surface area contributed by atoms with Gasteiger partial charge in [-0.1, -0.05) is 28.4 Å². The van der Waals surface area contributed by atoms with Gasteiger partial charge in [-0.3, -0.25) is 0 Å². The Morgan fingerprint density at radius 1 is 1.31 bits per heavy atom. The lowest BCUT2D eigenvalue weighted by Crippen LogP contribution is -2.01. The average molecular weight is 259 g/mol. The Kier molecular flexibility index (Phi) is 3.26. The maximum absolute atomic E-state index is 5.83. The highest BCUT2D eigenvalue weighted by atomic mass is 35.5. The van der Waals surface area contributed by atoms with Crippen LogP contribution in [0.25, 0.3) is 0 Å². The highest BCUT2D eigenvalue weighted by Gasteiger charge is 2.05. The molecule has 0 spiro atoms. The Morgan fingerprint density at radius 3 is 2.81 bits per heavy atom. The molecule has 0 radical (unpaired) electrons. The fourth-order valence-electron chi connectivity index (χ4n) is 1.16. The Labute approximate surface area is 102 Å². The second-order valence-electron chi connectivity index (χ2n) is 3.15. The van der Waals surface area contributed by atoms with Crippen LogP contribution in [0, 0.1) is 6.92 Å². The van der Waals surface area contributed by atoms with Crippen LogP contribution < -0.4 is 5.32 Å². The molecule has 0 bridgehead atoms. The van der Waals surface area contributed by atoms with E-state index in [4.69, 9.17) is 27.7 Å². The van der Waals surface area contributed by atoms with Crippen molar-refractivity contribution >= 4 is 28.9 Å². The number of aryl methyl sites for hydroxylation is 1. The molecule has 0 amide bonds. The molecular weight excluding hydrogens is 251 g/mol. The normalized spacial score (nSPS) is 10.4. The molecule has 2 rings (SSSR count). The number of nitrogens with zero attached hydrogens (tertiary/aromatic N) is 3. The van der Waals surface area contributed by atoms with Crippen LogP contribution in [-0.2, 0) is 6.54 Å². The van der Waals surface area contributed by atoms with E-state index in [1.165, 1.54) is 0 Å². The summed E-state index contributed by atoms with van der Waals surface area (Å²) in [5.74, 6) is 0.758. The second-order valence-corrected chi connectivity index (χ2v) is 3.90. The molecule has 2 heterocycles. The van der Waals surface area contributed by atoms with Crippen molar-refractivity contribution in [1.82, 2.24) is 15.4 Å². The van der Waals surface area contributed by atoms with Crippen LogP contribution in [0.1, 0.15) is 11.5 Å². The average Bonchev–Trinajstić information content (AvgIpc) is 2.66. The van der Waals surface area contributed by atoms with Gasteiger partial charge in [0.05, 0.1) is 12.2 Å². The van der Waals surface area contributed by atoms with E-state index in [9.17, 15) is 0 Å². The van der Waals surface area contributed by atoms with Crippen LogP contribution >= 0.6 is 23.2 Å². The highest BCUT2D eigenvalue weighted by molar-refractivity contribution is 6.33. The maximum Gasteiger partial charge on any atom is 0.174 e. The van der Waals surface area contributed by atoms with E-state index in [-0.39, 0.29) is 10.3 Å². The molecule has 84 valence electrons. The van der Waals surface area contributed by atoms with Crippen molar-refractivity contribution in [2.45, 2.75) is 13.5 Å². The van der Waals surface area contributed by atoms with Crippen molar-refractivity contribution < 1.29 is 4.52 Å². The Hall–Kier alpha value is -1.33. The van der Waals surface area contributed by atoms with Gasteiger partial charge in [0, 0.05) is 12.1 Å². The number of hydrogen-bond acceptors (Lipinski definition) is 5. The number of anilines is 1. The van der Waals surface area contributed by atoms with E-state index >= 15 is 0 Å². The van der Waals surface area contributed by atoms with Crippen LogP contribution in [0.5, 0.6) is 0 Å². The number of hydrogen-bond donors (Lipinski definition) is 1. The van der Waals surface area contributed by atoms with E-state index in [0.29, 0.717) is 12.2 Å². The zero-order valence-electron chi connectivity index (χ0n) is 8.37. The third-order valence-electron chi connectivity index (χ3n) is 1.86. The van der Waals surface area contributed by atoms with Crippen molar-refractivity contribution in [2.75, 3.05) is 5.32 Å². The summed E-state index contributed by atoms with van der Waals surface area (Å²) in [6.45, 7) is 2.31. The summed E-state index contributed by atoms with van der Waals surface area (Å²) in [6, 6.07) is 3.43. The molecule has 1 N–H and O–H groups in total. The minimum Gasteiger partial charge on any atom is -0.377 e. The van der Waals surface area contributed by atoms with Crippen LogP contribution in [0.15, 0.2) is 16.7 Å². The first kappa shape index (κ1) is 11.2. The summed E-state index contributed by atoms with van der Waals surface area (Å²) in [7, 11) is 0. The third kappa shape index (κ3) is 2.62. The molecule has 0 aliphatic heterocycles. The van der Waals surface area contributed by atoms with E-state index < -0.39 is 0 Å². The first-order valence-corrected chi connectivity index (χ1v) is 5.25. The molecule has 2 aromatic heterocycles. The number of aromatic nitrogens is 3. The van der Waals surface area contributed by atoms with E-state index in [1.807, 2.05) is 13.0 Å². The zero-order valence-corrected chi connectivity index (χ0v) is 9.88. The molecule has 0 atom stereocenters. The first-order valence-electron chi connectivity index (χ1n) is 4.50. The Morgan fingerprint density at radius 2 is 2.12 bits per heavy atom. The molecule has 7 heteroatoms. The van der Waals surface area contributed by atoms with E-state index in [1.54, 1.807) is 6.07 Å². The lowest BCUT2D eigenvalue weighted by atomic mass is 10.3. The van der Waals surface area contributed by atoms with Gasteiger partial charge in [-0.05, 0) is 6.92 Å². The predicted molar refractivity (Wildman–Crippen MR) is 60.6 cm³/mol. The number of rotatable bonds is 3. The van der Waals surface area contributed by atoms with Crippen LogP contribution in [0.4, 0.5) is 5.69 Å². The molecule has 2 aromatic rings. The SMILES string of the molecule is Cc1cc(CNc2cc(Cl)nnc2Cl)no1. The lowest BCUT2D eigenvalue weighted by molar-refractivity contribution is 0.391. The fourth-order valence-corrected chi connectivity index (χ4v) is 1.47. The largest absolute Gasteiger partial charge is 0.377 e. The monoisotopic (exact) mass is 258 g/mol. The number of halogens is 2. The quantitative estimate of drug-likeness (QED) is 0.917. The predicted octanol–water partition coefficient (Wildman–Crippen LogP) is 2.69. The van der Waals surface area contributed by atoms with Gasteiger partial charge in [0.15, 0.2) is 10.3 Å². The summed E-state index contributed by atoms with van der Waals surface area (Å²) < 4.78 is 4.93. The van der Waals surface area contributed by atoms with Crippen LogP contribution in [0.3, 0.4) is 0 Å². The fraction of sp³-hybridized carbons (Fsp3) is 0.222. The van der Waals surface area contributed by atoms with Gasteiger partial charge in [0.25, 0.3) is 0 Å². The maximum atomic E-state index is 5.83. The summed E-state index contributed by atoms with van der Waals surface area (Å²) >= 11 is 11.5. The van der Waals surface area contributed by atoms with Gasteiger partial charge in [0.1, 0.15) is 11.5 Å². The van der Waals surface area contributed by atoms with Crippen LogP contribution in [-0.4, -0.2) is 15.4 Å². The molecular formula is C9H8Cl2N4O. The Balaban J connectivity index is 2.07. The second kappa shape index (κ2) is 4.67. The molecule has 0 fully saturated rings. The standard InChI is InChI=1S/C9H8Cl2N4O/c1-5-2-6(15-16-5)4-12-7-3-8(10)13-14-9(7)11/h2-3H,4H2,1H3,(H,12,13). The van der Waals surface area contributed by atoms with Gasteiger partial charge in [-0.25, -0.2) is 0 Å². The highest BCUT2D eigenvalue weighted by Crippen LogP contribution is 2.21. The first-order chi connectivity index (χ1) is 7.65. The molecule has 0 saturated heterocycles. The Bertz CT molecular complexity index is 500. The summed E-state index contributed by atoms with van der Waals surface area (Å²) in [5.41, 5.74) is 1.39.